The van der Waals surface area contributed by atoms with Crippen molar-refractivity contribution in [1.82, 2.24) is 4.98 Å². The number of aromatic nitrogens is 1. The zero-order chi connectivity index (χ0) is 15.1. The van der Waals surface area contributed by atoms with E-state index >= 15 is 0 Å². The van der Waals surface area contributed by atoms with E-state index in [1.54, 1.807) is 36.7 Å². The normalized spacial score (nSPS) is 8.81. The van der Waals surface area contributed by atoms with E-state index in [1.165, 1.54) is 0 Å². The second-order valence-electron chi connectivity index (χ2n) is 3.99. The van der Waals surface area contributed by atoms with Gasteiger partial charge in [-0.2, -0.15) is 15.8 Å². The molecule has 0 aliphatic rings. The van der Waals surface area contributed by atoms with Crippen LogP contribution in [0.2, 0.25) is 0 Å². The van der Waals surface area contributed by atoms with Crippen LogP contribution in [-0.2, 0) is 0 Å². The van der Waals surface area contributed by atoms with E-state index in [0.717, 1.165) is 11.1 Å². The Morgan fingerprint density at radius 1 is 0.905 bits per heavy atom. The highest BCUT2D eigenvalue weighted by molar-refractivity contribution is 5.79. The highest BCUT2D eigenvalue weighted by Gasteiger charge is 2.09. The van der Waals surface area contributed by atoms with E-state index in [1.807, 2.05) is 30.3 Å². The fraction of sp³-hybridized carbons (Fsp3) is 0. The van der Waals surface area contributed by atoms with Gasteiger partial charge in [0.05, 0.1) is 0 Å². The summed E-state index contributed by atoms with van der Waals surface area (Å²) in [6.07, 6.45) is 3.34. The van der Waals surface area contributed by atoms with E-state index in [0.29, 0.717) is 5.69 Å². The molecule has 0 aliphatic carbocycles. The summed E-state index contributed by atoms with van der Waals surface area (Å²) in [4.78, 5) is 3.96. The summed E-state index contributed by atoms with van der Waals surface area (Å²) in [5.41, 5.74) is 2.09. The average molecular weight is 271 g/mol. The van der Waals surface area contributed by atoms with Gasteiger partial charge in [-0.3, -0.25) is 4.98 Å². The lowest BCUT2D eigenvalue weighted by Gasteiger charge is -2.11. The molecule has 0 fully saturated rings. The second-order valence-corrected chi connectivity index (χ2v) is 3.99. The second kappa shape index (κ2) is 6.52. The Hall–Kier alpha value is -3.62. The maximum atomic E-state index is 9.10. The molecular weight excluding hydrogens is 262 g/mol. The third kappa shape index (κ3) is 3.04. The predicted molar refractivity (Wildman–Crippen MR) is 77.2 cm³/mol. The molecule has 1 heterocycles. The van der Waals surface area contributed by atoms with Crippen LogP contribution >= 0.6 is 0 Å². The van der Waals surface area contributed by atoms with Crippen molar-refractivity contribution in [2.75, 3.05) is 5.32 Å². The summed E-state index contributed by atoms with van der Waals surface area (Å²) in [5, 5.41) is 29.7. The van der Waals surface area contributed by atoms with Crippen molar-refractivity contribution < 1.29 is 0 Å². The van der Waals surface area contributed by atoms with Crippen molar-refractivity contribution in [3.05, 3.63) is 60.1 Å². The van der Waals surface area contributed by atoms with E-state index < -0.39 is 0 Å². The molecule has 2 rings (SSSR count). The first kappa shape index (κ1) is 13.8. The largest absolute Gasteiger partial charge is 0.345 e. The van der Waals surface area contributed by atoms with Gasteiger partial charge in [-0.25, -0.2) is 0 Å². The highest BCUT2D eigenvalue weighted by Crippen LogP contribution is 2.28. The number of hydrogen-bond donors (Lipinski definition) is 1. The summed E-state index contributed by atoms with van der Waals surface area (Å²) in [7, 11) is 0. The van der Waals surface area contributed by atoms with Gasteiger partial charge in [-0.05, 0) is 23.8 Å². The molecule has 0 saturated carbocycles. The minimum Gasteiger partial charge on any atom is -0.345 e. The van der Waals surface area contributed by atoms with E-state index in [9.17, 15) is 0 Å². The molecule has 0 saturated heterocycles. The van der Waals surface area contributed by atoms with Crippen LogP contribution in [0.3, 0.4) is 0 Å². The SMILES string of the molecule is N#CC(C#N)=C(C#N)Nc1ccccc1-c1ccncc1. The summed E-state index contributed by atoms with van der Waals surface area (Å²) < 4.78 is 0. The van der Waals surface area contributed by atoms with Crippen LogP contribution in [0, 0.1) is 34.0 Å². The van der Waals surface area contributed by atoms with E-state index in [4.69, 9.17) is 15.8 Å². The van der Waals surface area contributed by atoms with Gasteiger partial charge in [0.2, 0.25) is 0 Å². The number of rotatable bonds is 3. The third-order valence-corrected chi connectivity index (χ3v) is 2.76. The fourth-order valence-electron chi connectivity index (χ4n) is 1.79. The van der Waals surface area contributed by atoms with Crippen molar-refractivity contribution in [1.29, 1.82) is 15.8 Å². The zero-order valence-electron chi connectivity index (χ0n) is 10.9. The molecule has 0 spiro atoms. The molecule has 21 heavy (non-hydrogen) atoms. The van der Waals surface area contributed by atoms with Crippen LogP contribution in [-0.4, -0.2) is 4.98 Å². The predicted octanol–water partition coefficient (Wildman–Crippen LogP) is 2.99. The number of benzene rings is 1. The number of allylic oxidation sites excluding steroid dienone is 2. The maximum absolute atomic E-state index is 9.10. The minimum absolute atomic E-state index is 0.0680. The maximum Gasteiger partial charge on any atom is 0.163 e. The quantitative estimate of drug-likeness (QED) is 0.865. The van der Waals surface area contributed by atoms with Crippen LogP contribution in [0.5, 0.6) is 0 Å². The van der Waals surface area contributed by atoms with Gasteiger partial charge in [0.25, 0.3) is 0 Å². The molecule has 1 N–H and O–H groups in total. The first-order chi connectivity index (χ1) is 10.3. The van der Waals surface area contributed by atoms with Crippen molar-refractivity contribution in [3.63, 3.8) is 0 Å². The van der Waals surface area contributed by atoms with Gasteiger partial charge in [-0.1, -0.05) is 18.2 Å². The van der Waals surface area contributed by atoms with Gasteiger partial charge in [0.15, 0.2) is 5.57 Å². The Morgan fingerprint density at radius 3 is 2.19 bits per heavy atom. The van der Waals surface area contributed by atoms with Crippen LogP contribution in [0.15, 0.2) is 60.1 Å². The van der Waals surface area contributed by atoms with Gasteiger partial charge in [0.1, 0.15) is 23.9 Å². The number of hydrogen-bond acceptors (Lipinski definition) is 5. The van der Waals surface area contributed by atoms with Gasteiger partial charge in [0, 0.05) is 23.6 Å². The van der Waals surface area contributed by atoms with Gasteiger partial charge in [-0.15, -0.1) is 0 Å². The molecule has 0 unspecified atom stereocenters. The Bertz CT molecular complexity index is 785. The number of nitrogens with zero attached hydrogens (tertiary/aromatic N) is 4. The summed E-state index contributed by atoms with van der Waals surface area (Å²) in [6, 6.07) is 16.3. The van der Waals surface area contributed by atoms with Crippen LogP contribution in [0.4, 0.5) is 5.69 Å². The minimum atomic E-state index is -0.248. The Labute approximate surface area is 122 Å². The summed E-state index contributed by atoms with van der Waals surface area (Å²) in [5.74, 6) is 0. The van der Waals surface area contributed by atoms with Gasteiger partial charge < -0.3 is 5.32 Å². The van der Waals surface area contributed by atoms with E-state index in [-0.39, 0.29) is 11.3 Å². The van der Waals surface area contributed by atoms with Crippen molar-refractivity contribution in [3.8, 4) is 29.3 Å². The highest BCUT2D eigenvalue weighted by atomic mass is 14.9. The lowest BCUT2D eigenvalue weighted by atomic mass is 10.0. The lowest BCUT2D eigenvalue weighted by Crippen LogP contribution is -2.02. The van der Waals surface area contributed by atoms with Gasteiger partial charge >= 0.3 is 0 Å². The number of anilines is 1. The topological polar surface area (TPSA) is 96.3 Å². The lowest BCUT2D eigenvalue weighted by molar-refractivity contribution is 1.33. The number of pyridine rings is 1. The van der Waals surface area contributed by atoms with Crippen LogP contribution in [0.1, 0.15) is 0 Å². The number of para-hydroxylation sites is 1. The molecule has 2 aromatic rings. The van der Waals surface area contributed by atoms with Crippen LogP contribution in [0.25, 0.3) is 11.1 Å². The molecule has 0 bridgehead atoms. The fourth-order valence-corrected chi connectivity index (χ4v) is 1.79. The monoisotopic (exact) mass is 271 g/mol. The van der Waals surface area contributed by atoms with E-state index in [2.05, 4.69) is 10.3 Å². The molecule has 0 amide bonds. The average Bonchev–Trinajstić information content (AvgIpc) is 2.56. The molecule has 1 aromatic carbocycles. The summed E-state index contributed by atoms with van der Waals surface area (Å²) >= 11 is 0. The third-order valence-electron chi connectivity index (χ3n) is 2.76. The van der Waals surface area contributed by atoms with Crippen molar-refractivity contribution in [2.45, 2.75) is 0 Å². The van der Waals surface area contributed by atoms with Crippen LogP contribution < -0.4 is 5.32 Å². The molecule has 98 valence electrons. The first-order valence-corrected chi connectivity index (χ1v) is 6.01. The Kier molecular flexibility index (Phi) is 4.28. The number of nitrogens with one attached hydrogen (secondary N) is 1. The number of nitriles is 3. The Balaban J connectivity index is 2.49. The molecular formula is C16H9N5. The molecule has 5 nitrogen and oxygen atoms in total. The van der Waals surface area contributed by atoms with Crippen molar-refractivity contribution in [2.24, 2.45) is 0 Å². The Morgan fingerprint density at radius 2 is 1.57 bits per heavy atom. The molecule has 0 atom stereocenters. The smallest absolute Gasteiger partial charge is 0.163 e. The zero-order valence-corrected chi connectivity index (χ0v) is 10.9. The molecule has 0 radical (unpaired) electrons. The molecule has 1 aromatic heterocycles. The first-order valence-electron chi connectivity index (χ1n) is 6.01. The summed E-state index contributed by atoms with van der Waals surface area (Å²) in [6.45, 7) is 0. The standard InChI is InChI=1S/C16H9N5/c17-9-13(10-18)16(11-19)21-15-4-2-1-3-14(15)12-5-7-20-8-6-12/h1-8,21H. The molecule has 5 heteroatoms. The molecule has 0 aliphatic heterocycles. The van der Waals surface area contributed by atoms with Crippen molar-refractivity contribution >= 4 is 5.69 Å².